The van der Waals surface area contributed by atoms with Gasteiger partial charge in [-0.3, -0.25) is 0 Å². The van der Waals surface area contributed by atoms with Crippen LogP contribution in [-0.2, 0) is 0 Å². The number of hydrogen-bond donors (Lipinski definition) is 0. The zero-order valence-corrected chi connectivity index (χ0v) is 6.56. The van der Waals surface area contributed by atoms with Gasteiger partial charge in [0.05, 0.1) is 6.07 Å². The Kier molecular flexibility index (Phi) is 4.61. The third-order valence-electron chi connectivity index (χ3n) is 1.79. The van der Waals surface area contributed by atoms with Gasteiger partial charge >= 0.3 is 0 Å². The zero-order chi connectivity index (χ0) is 5.82. The molecule has 1 rings (SSSR count). The summed E-state index contributed by atoms with van der Waals surface area (Å²) >= 11 is 0. The Balaban J connectivity index is 0.000000640. The molecule has 0 radical (unpaired) electrons. The van der Waals surface area contributed by atoms with Crippen LogP contribution in [0.3, 0.4) is 0 Å². The molecule has 0 aromatic carbocycles. The average Bonchev–Trinajstić information content (AvgIpc) is 1.90. The topological polar surface area (TPSA) is 23.8 Å². The van der Waals surface area contributed by atoms with Gasteiger partial charge in [0.15, 0.2) is 0 Å². The highest BCUT2D eigenvalue weighted by molar-refractivity contribution is 7.59. The lowest BCUT2D eigenvalue weighted by Gasteiger charge is -2.13. The maximum atomic E-state index is 8.44. The summed E-state index contributed by atoms with van der Waals surface area (Å²) in [5.74, 6) is 0.392. The first-order valence-electron chi connectivity index (χ1n) is 3.33. The summed E-state index contributed by atoms with van der Waals surface area (Å²) in [4.78, 5) is 0. The minimum atomic E-state index is 0. The van der Waals surface area contributed by atoms with E-state index in [9.17, 15) is 0 Å². The largest absolute Gasteiger partial charge is 0.198 e. The molecule has 1 fully saturated rings. The van der Waals surface area contributed by atoms with Crippen molar-refractivity contribution in [2.45, 2.75) is 32.1 Å². The van der Waals surface area contributed by atoms with Gasteiger partial charge in [-0.05, 0) is 12.8 Å². The molecule has 0 aromatic rings. The van der Waals surface area contributed by atoms with Gasteiger partial charge in [-0.15, -0.1) is 0 Å². The summed E-state index contributed by atoms with van der Waals surface area (Å²) in [6.45, 7) is 0. The van der Waals surface area contributed by atoms with Crippen molar-refractivity contribution in [3.63, 3.8) is 0 Å². The van der Waals surface area contributed by atoms with E-state index < -0.39 is 0 Å². The van der Waals surface area contributed by atoms with Crippen LogP contribution in [0.25, 0.3) is 0 Å². The van der Waals surface area contributed by atoms with E-state index in [1.165, 1.54) is 19.3 Å². The maximum Gasteiger partial charge on any atom is 0.0655 e. The molecule has 1 nitrogen and oxygen atoms in total. The second kappa shape index (κ2) is 4.69. The zero-order valence-electron chi connectivity index (χ0n) is 5.56. The summed E-state index contributed by atoms with van der Waals surface area (Å²) < 4.78 is 0. The fourth-order valence-electron chi connectivity index (χ4n) is 1.23. The molecule has 0 unspecified atom stereocenters. The summed E-state index contributed by atoms with van der Waals surface area (Å²) in [5, 5.41) is 8.44. The van der Waals surface area contributed by atoms with Gasteiger partial charge in [0.1, 0.15) is 0 Å². The first kappa shape index (κ1) is 8.84. The lowest BCUT2D eigenvalue weighted by Crippen LogP contribution is -2.02. The first-order valence-corrected chi connectivity index (χ1v) is 3.33. The van der Waals surface area contributed by atoms with E-state index in [-0.39, 0.29) is 13.5 Å². The number of rotatable bonds is 0. The fraction of sp³-hybridized carbons (Fsp3) is 0.857. The molecular weight excluding hydrogens is 130 g/mol. The number of nitriles is 1. The van der Waals surface area contributed by atoms with E-state index in [2.05, 4.69) is 6.07 Å². The van der Waals surface area contributed by atoms with Crippen molar-refractivity contribution in [3.05, 3.63) is 0 Å². The predicted molar refractivity (Wildman–Crippen MR) is 42.6 cm³/mol. The van der Waals surface area contributed by atoms with Crippen LogP contribution < -0.4 is 0 Å². The summed E-state index contributed by atoms with van der Waals surface area (Å²) in [6.07, 6.45) is 6.20. The van der Waals surface area contributed by atoms with E-state index in [0.717, 1.165) is 12.8 Å². The Morgan fingerprint density at radius 3 is 2.00 bits per heavy atom. The van der Waals surface area contributed by atoms with E-state index in [1.807, 2.05) is 0 Å². The van der Waals surface area contributed by atoms with Gasteiger partial charge in [0.25, 0.3) is 0 Å². The second-order valence-electron chi connectivity index (χ2n) is 2.46. The van der Waals surface area contributed by atoms with Crippen molar-refractivity contribution in [1.82, 2.24) is 0 Å². The van der Waals surface area contributed by atoms with Crippen molar-refractivity contribution in [3.8, 4) is 6.07 Å². The van der Waals surface area contributed by atoms with E-state index in [0.29, 0.717) is 5.92 Å². The molecule has 0 heterocycles. The first-order chi connectivity index (χ1) is 3.93. The third-order valence-corrected chi connectivity index (χ3v) is 1.79. The lowest BCUT2D eigenvalue weighted by molar-refractivity contribution is 0.427. The Hall–Kier alpha value is -0.160. The molecule has 2 heteroatoms. The van der Waals surface area contributed by atoms with E-state index in [1.54, 1.807) is 0 Å². The van der Waals surface area contributed by atoms with Crippen LogP contribution in [0.2, 0.25) is 0 Å². The minimum Gasteiger partial charge on any atom is -0.198 e. The molecular formula is C7H13NS. The average molecular weight is 143 g/mol. The van der Waals surface area contributed by atoms with E-state index >= 15 is 0 Å². The molecule has 0 atom stereocenters. The van der Waals surface area contributed by atoms with Gasteiger partial charge in [0.2, 0.25) is 0 Å². The predicted octanol–water partition coefficient (Wildman–Crippen LogP) is 2.20. The maximum absolute atomic E-state index is 8.44. The highest BCUT2D eigenvalue weighted by atomic mass is 32.1. The molecule has 0 bridgehead atoms. The molecule has 1 aliphatic rings. The molecule has 0 aliphatic heterocycles. The van der Waals surface area contributed by atoms with Crippen molar-refractivity contribution < 1.29 is 0 Å². The molecule has 0 saturated heterocycles. The summed E-state index contributed by atoms with van der Waals surface area (Å²) in [6, 6.07) is 2.30. The monoisotopic (exact) mass is 143 g/mol. The van der Waals surface area contributed by atoms with Crippen LogP contribution in [0.1, 0.15) is 32.1 Å². The van der Waals surface area contributed by atoms with Crippen LogP contribution in [-0.4, -0.2) is 0 Å². The van der Waals surface area contributed by atoms with Gasteiger partial charge in [-0.2, -0.15) is 18.8 Å². The standard InChI is InChI=1S/C7H11N.H2S/c8-6-7-4-2-1-3-5-7;/h7H,1-5H2;1H2. The highest BCUT2D eigenvalue weighted by Crippen LogP contribution is 2.22. The molecule has 9 heavy (non-hydrogen) atoms. The minimum absolute atomic E-state index is 0. The molecule has 52 valence electrons. The van der Waals surface area contributed by atoms with Crippen LogP contribution >= 0.6 is 13.5 Å². The van der Waals surface area contributed by atoms with Gasteiger partial charge in [0, 0.05) is 5.92 Å². The summed E-state index contributed by atoms with van der Waals surface area (Å²) in [5.41, 5.74) is 0. The molecule has 0 amide bonds. The van der Waals surface area contributed by atoms with Crippen LogP contribution in [0.4, 0.5) is 0 Å². The lowest BCUT2D eigenvalue weighted by atomic mass is 9.91. The van der Waals surface area contributed by atoms with Crippen molar-refractivity contribution in [1.29, 1.82) is 5.26 Å². The van der Waals surface area contributed by atoms with Crippen LogP contribution in [0.5, 0.6) is 0 Å². The van der Waals surface area contributed by atoms with E-state index in [4.69, 9.17) is 5.26 Å². The van der Waals surface area contributed by atoms with Crippen molar-refractivity contribution >= 4 is 13.5 Å². The number of nitrogens with zero attached hydrogens (tertiary/aromatic N) is 1. The second-order valence-corrected chi connectivity index (χ2v) is 2.46. The molecule has 1 saturated carbocycles. The van der Waals surface area contributed by atoms with Gasteiger partial charge in [-0.25, -0.2) is 0 Å². The van der Waals surface area contributed by atoms with Crippen molar-refractivity contribution in [2.24, 2.45) is 5.92 Å². The Morgan fingerprint density at radius 2 is 1.67 bits per heavy atom. The van der Waals surface area contributed by atoms with Gasteiger partial charge < -0.3 is 0 Å². The van der Waals surface area contributed by atoms with Crippen LogP contribution in [0, 0.1) is 17.2 Å². The van der Waals surface area contributed by atoms with Crippen LogP contribution in [0.15, 0.2) is 0 Å². The third kappa shape index (κ3) is 2.76. The molecule has 0 spiro atoms. The molecule has 1 aliphatic carbocycles. The fourth-order valence-corrected chi connectivity index (χ4v) is 1.23. The Bertz CT molecular complexity index is 100.0. The SMILES string of the molecule is N#CC1CCCCC1.S. The number of hydrogen-bond acceptors (Lipinski definition) is 1. The quantitative estimate of drug-likeness (QED) is 0.510. The molecule has 0 aromatic heterocycles. The Labute approximate surface area is 63.5 Å². The Morgan fingerprint density at radius 1 is 1.11 bits per heavy atom. The van der Waals surface area contributed by atoms with Gasteiger partial charge in [-0.1, -0.05) is 19.3 Å². The molecule has 0 N–H and O–H groups in total. The summed E-state index contributed by atoms with van der Waals surface area (Å²) in [7, 11) is 0. The smallest absolute Gasteiger partial charge is 0.0655 e. The normalized spacial score (nSPS) is 19.9. The highest BCUT2D eigenvalue weighted by Gasteiger charge is 2.10. The van der Waals surface area contributed by atoms with Crippen molar-refractivity contribution in [2.75, 3.05) is 0 Å².